The number of rotatable bonds is 9. The van der Waals surface area contributed by atoms with Crippen molar-refractivity contribution in [2.45, 2.75) is 26.4 Å². The molecule has 5 nitrogen and oxygen atoms in total. The van der Waals surface area contributed by atoms with Crippen molar-refractivity contribution >= 4 is 5.91 Å². The van der Waals surface area contributed by atoms with Crippen molar-refractivity contribution < 1.29 is 19.0 Å². The van der Waals surface area contributed by atoms with E-state index in [0.29, 0.717) is 24.7 Å². The van der Waals surface area contributed by atoms with Crippen LogP contribution in [0.5, 0.6) is 17.2 Å². The van der Waals surface area contributed by atoms with Crippen molar-refractivity contribution in [3.8, 4) is 17.2 Å². The van der Waals surface area contributed by atoms with E-state index in [2.05, 4.69) is 12.2 Å². The molecule has 1 atom stereocenters. The first-order chi connectivity index (χ1) is 12.1. The zero-order valence-electron chi connectivity index (χ0n) is 15.0. The Morgan fingerprint density at radius 1 is 1.08 bits per heavy atom. The van der Waals surface area contributed by atoms with Crippen LogP contribution in [0, 0.1) is 0 Å². The number of carbonyl (C=O) groups excluding carboxylic acids is 1. The molecular formula is C20H25NO4. The lowest BCUT2D eigenvalue weighted by atomic mass is 10.2. The molecule has 0 aliphatic rings. The molecule has 25 heavy (non-hydrogen) atoms. The second-order valence-corrected chi connectivity index (χ2v) is 5.55. The zero-order valence-corrected chi connectivity index (χ0v) is 15.0. The third kappa shape index (κ3) is 5.71. The number of methoxy groups -OCH3 is 1. The molecule has 1 amide bonds. The van der Waals surface area contributed by atoms with E-state index in [1.807, 2.05) is 36.4 Å². The number of aryl methyl sites for hydroxylation is 1. The topological polar surface area (TPSA) is 56.8 Å². The van der Waals surface area contributed by atoms with Gasteiger partial charge in [0, 0.05) is 0 Å². The van der Waals surface area contributed by atoms with Crippen LogP contribution in [0.1, 0.15) is 19.4 Å². The molecule has 0 fully saturated rings. The van der Waals surface area contributed by atoms with Gasteiger partial charge in [0.05, 0.1) is 13.7 Å². The zero-order chi connectivity index (χ0) is 18.1. The first-order valence-electron chi connectivity index (χ1n) is 8.43. The monoisotopic (exact) mass is 343 g/mol. The summed E-state index contributed by atoms with van der Waals surface area (Å²) in [5.74, 6) is 1.74. The summed E-state index contributed by atoms with van der Waals surface area (Å²) in [5, 5.41) is 2.80. The number of hydrogen-bond acceptors (Lipinski definition) is 4. The summed E-state index contributed by atoms with van der Waals surface area (Å²) in [7, 11) is 1.57. The van der Waals surface area contributed by atoms with Gasteiger partial charge in [0.1, 0.15) is 12.4 Å². The molecule has 2 rings (SSSR count). The Bertz CT molecular complexity index is 670. The average Bonchev–Trinajstić information content (AvgIpc) is 2.65. The molecule has 0 heterocycles. The minimum Gasteiger partial charge on any atom is -0.493 e. The van der Waals surface area contributed by atoms with Gasteiger partial charge in [0.15, 0.2) is 17.6 Å². The Labute approximate surface area is 148 Å². The first kappa shape index (κ1) is 18.6. The Balaban J connectivity index is 1.73. The van der Waals surface area contributed by atoms with Crippen molar-refractivity contribution in [3.05, 3.63) is 54.1 Å². The fourth-order valence-electron chi connectivity index (χ4n) is 2.27. The summed E-state index contributed by atoms with van der Waals surface area (Å²) in [6.07, 6.45) is 0.376. The highest BCUT2D eigenvalue weighted by Crippen LogP contribution is 2.26. The normalized spacial score (nSPS) is 11.5. The van der Waals surface area contributed by atoms with Crippen LogP contribution in [-0.2, 0) is 11.2 Å². The smallest absolute Gasteiger partial charge is 0.260 e. The van der Waals surface area contributed by atoms with Crippen LogP contribution in [-0.4, -0.2) is 32.3 Å². The van der Waals surface area contributed by atoms with E-state index in [1.165, 1.54) is 5.56 Å². The van der Waals surface area contributed by atoms with Crippen LogP contribution in [0.3, 0.4) is 0 Å². The van der Waals surface area contributed by atoms with E-state index < -0.39 is 6.10 Å². The standard InChI is InChI=1S/C20H25NO4/c1-4-16-9-11-17(12-10-16)24-14-13-21-20(22)15(2)25-19-8-6-5-7-18(19)23-3/h5-12,15H,4,13-14H2,1-3H3,(H,21,22). The Morgan fingerprint density at radius 3 is 2.40 bits per heavy atom. The number of benzene rings is 2. The predicted molar refractivity (Wildman–Crippen MR) is 97.4 cm³/mol. The summed E-state index contributed by atoms with van der Waals surface area (Å²) in [6.45, 7) is 4.62. The van der Waals surface area contributed by atoms with Gasteiger partial charge in [-0.1, -0.05) is 31.2 Å². The minimum atomic E-state index is -0.625. The Morgan fingerprint density at radius 2 is 1.76 bits per heavy atom. The highest BCUT2D eigenvalue weighted by molar-refractivity contribution is 5.80. The lowest BCUT2D eigenvalue weighted by Gasteiger charge is -2.16. The van der Waals surface area contributed by atoms with E-state index in [0.717, 1.165) is 12.2 Å². The van der Waals surface area contributed by atoms with E-state index in [1.54, 1.807) is 26.2 Å². The SMILES string of the molecule is CCc1ccc(OCCNC(=O)C(C)Oc2ccccc2OC)cc1. The molecule has 1 N–H and O–H groups in total. The van der Waals surface area contributed by atoms with Crippen molar-refractivity contribution in [3.63, 3.8) is 0 Å². The molecule has 0 aromatic heterocycles. The summed E-state index contributed by atoms with van der Waals surface area (Å²) in [6, 6.07) is 15.2. The van der Waals surface area contributed by atoms with Crippen LogP contribution in [0.15, 0.2) is 48.5 Å². The van der Waals surface area contributed by atoms with Crippen LogP contribution in [0.4, 0.5) is 0 Å². The summed E-state index contributed by atoms with van der Waals surface area (Å²) < 4.78 is 16.5. The van der Waals surface area contributed by atoms with Gasteiger partial charge in [-0.25, -0.2) is 0 Å². The average molecular weight is 343 g/mol. The van der Waals surface area contributed by atoms with Gasteiger partial charge in [-0.05, 0) is 43.2 Å². The largest absolute Gasteiger partial charge is 0.493 e. The van der Waals surface area contributed by atoms with Gasteiger partial charge in [0.2, 0.25) is 0 Å². The maximum absolute atomic E-state index is 12.1. The fourth-order valence-corrected chi connectivity index (χ4v) is 2.27. The number of nitrogens with one attached hydrogen (secondary N) is 1. The maximum atomic E-state index is 12.1. The van der Waals surface area contributed by atoms with Gasteiger partial charge in [-0.15, -0.1) is 0 Å². The third-order valence-electron chi connectivity index (χ3n) is 3.74. The van der Waals surface area contributed by atoms with Crippen molar-refractivity contribution in [1.82, 2.24) is 5.32 Å². The molecule has 2 aromatic carbocycles. The highest BCUT2D eigenvalue weighted by atomic mass is 16.5. The molecule has 0 radical (unpaired) electrons. The molecule has 0 saturated carbocycles. The summed E-state index contributed by atoms with van der Waals surface area (Å²) in [4.78, 5) is 12.1. The molecule has 0 aliphatic carbocycles. The van der Waals surface area contributed by atoms with Crippen molar-refractivity contribution in [1.29, 1.82) is 0 Å². The minimum absolute atomic E-state index is 0.198. The van der Waals surface area contributed by atoms with Gasteiger partial charge < -0.3 is 19.5 Å². The molecule has 0 aliphatic heterocycles. The molecular weight excluding hydrogens is 318 g/mol. The van der Waals surface area contributed by atoms with Gasteiger partial charge >= 0.3 is 0 Å². The number of para-hydroxylation sites is 2. The van der Waals surface area contributed by atoms with Crippen LogP contribution in [0.25, 0.3) is 0 Å². The Kier molecular flexibility index (Phi) is 7.14. The van der Waals surface area contributed by atoms with Crippen molar-refractivity contribution in [2.75, 3.05) is 20.3 Å². The quantitative estimate of drug-likeness (QED) is 0.710. The molecule has 0 spiro atoms. The molecule has 0 saturated heterocycles. The second-order valence-electron chi connectivity index (χ2n) is 5.55. The summed E-state index contributed by atoms with van der Waals surface area (Å²) >= 11 is 0. The number of amides is 1. The maximum Gasteiger partial charge on any atom is 0.260 e. The lowest BCUT2D eigenvalue weighted by Crippen LogP contribution is -2.38. The van der Waals surface area contributed by atoms with Crippen LogP contribution in [0.2, 0.25) is 0 Å². The van der Waals surface area contributed by atoms with Crippen LogP contribution < -0.4 is 19.5 Å². The van der Waals surface area contributed by atoms with Gasteiger partial charge in [-0.3, -0.25) is 4.79 Å². The second kappa shape index (κ2) is 9.57. The first-order valence-corrected chi connectivity index (χ1v) is 8.43. The molecule has 5 heteroatoms. The van der Waals surface area contributed by atoms with E-state index in [4.69, 9.17) is 14.2 Å². The lowest BCUT2D eigenvalue weighted by molar-refractivity contribution is -0.127. The summed E-state index contributed by atoms with van der Waals surface area (Å²) in [5.41, 5.74) is 1.27. The number of hydrogen-bond donors (Lipinski definition) is 1. The predicted octanol–water partition coefficient (Wildman–Crippen LogP) is 3.22. The van der Waals surface area contributed by atoms with E-state index >= 15 is 0 Å². The Hall–Kier alpha value is -2.69. The molecule has 134 valence electrons. The third-order valence-corrected chi connectivity index (χ3v) is 3.74. The van der Waals surface area contributed by atoms with Crippen molar-refractivity contribution in [2.24, 2.45) is 0 Å². The fraction of sp³-hybridized carbons (Fsp3) is 0.350. The van der Waals surface area contributed by atoms with Crippen LogP contribution >= 0.6 is 0 Å². The molecule has 2 aromatic rings. The number of carbonyl (C=O) groups is 1. The van der Waals surface area contributed by atoms with Gasteiger partial charge in [0.25, 0.3) is 5.91 Å². The molecule has 0 bridgehead atoms. The molecule has 1 unspecified atom stereocenters. The highest BCUT2D eigenvalue weighted by Gasteiger charge is 2.16. The van der Waals surface area contributed by atoms with Gasteiger partial charge in [-0.2, -0.15) is 0 Å². The van der Waals surface area contributed by atoms with E-state index in [-0.39, 0.29) is 5.91 Å². The van der Waals surface area contributed by atoms with E-state index in [9.17, 15) is 4.79 Å². The number of ether oxygens (including phenoxy) is 3.